The first-order valence-corrected chi connectivity index (χ1v) is 10.4. The van der Waals surface area contributed by atoms with Crippen LogP contribution in [0.15, 0.2) is 53.3 Å². The number of H-pyrrole nitrogens is 1. The molecule has 1 aliphatic carbocycles. The number of aromatic amines is 1. The Bertz CT molecular complexity index is 1100. The summed E-state index contributed by atoms with van der Waals surface area (Å²) in [6, 6.07) is 15.0. The Morgan fingerprint density at radius 3 is 2.60 bits per heavy atom. The predicted molar refractivity (Wildman–Crippen MR) is 119 cm³/mol. The molecular formula is C24H27N3O3. The maximum absolute atomic E-state index is 13.2. The Morgan fingerprint density at radius 2 is 1.90 bits per heavy atom. The Morgan fingerprint density at radius 1 is 1.17 bits per heavy atom. The molecule has 2 N–H and O–H groups in total. The second kappa shape index (κ2) is 8.61. The number of fused-ring (bicyclic) bond motifs is 1. The smallest absolute Gasteiger partial charge is 0.322 e. The van der Waals surface area contributed by atoms with Gasteiger partial charge in [0.25, 0.3) is 5.56 Å². The van der Waals surface area contributed by atoms with Crippen LogP contribution in [0, 0.1) is 6.92 Å². The topological polar surface area (TPSA) is 74.4 Å². The molecule has 30 heavy (non-hydrogen) atoms. The van der Waals surface area contributed by atoms with Crippen LogP contribution in [0.3, 0.4) is 0 Å². The van der Waals surface area contributed by atoms with Crippen molar-refractivity contribution >= 4 is 22.6 Å². The van der Waals surface area contributed by atoms with Gasteiger partial charge in [-0.1, -0.05) is 31.0 Å². The SMILES string of the molecule is COc1ccc(NC(=O)N(Cc2cc3cccc(C)c3[nH]c2=O)C2CCCC2)cc1. The highest BCUT2D eigenvalue weighted by molar-refractivity contribution is 5.89. The molecule has 6 nitrogen and oxygen atoms in total. The Labute approximate surface area is 175 Å². The number of methoxy groups -OCH3 is 1. The van der Waals surface area contributed by atoms with Crippen LogP contribution in [0.5, 0.6) is 5.75 Å². The van der Waals surface area contributed by atoms with Gasteiger partial charge >= 0.3 is 6.03 Å². The van der Waals surface area contributed by atoms with Crippen LogP contribution >= 0.6 is 0 Å². The molecule has 0 spiro atoms. The maximum Gasteiger partial charge on any atom is 0.322 e. The number of carbonyl (C=O) groups is 1. The number of rotatable bonds is 5. The van der Waals surface area contributed by atoms with Crippen molar-refractivity contribution in [3.8, 4) is 5.75 Å². The average molecular weight is 405 g/mol. The van der Waals surface area contributed by atoms with E-state index in [1.54, 1.807) is 7.11 Å². The van der Waals surface area contributed by atoms with Crippen LogP contribution < -0.4 is 15.6 Å². The molecule has 0 atom stereocenters. The molecule has 156 valence electrons. The number of nitrogens with one attached hydrogen (secondary N) is 2. The number of hydrogen-bond acceptors (Lipinski definition) is 3. The van der Waals surface area contributed by atoms with Crippen molar-refractivity contribution in [1.29, 1.82) is 0 Å². The molecule has 6 heteroatoms. The van der Waals surface area contributed by atoms with Crippen LogP contribution in [-0.2, 0) is 6.54 Å². The van der Waals surface area contributed by atoms with Crippen molar-refractivity contribution in [2.45, 2.75) is 45.2 Å². The van der Waals surface area contributed by atoms with Gasteiger partial charge in [0.2, 0.25) is 0 Å². The minimum Gasteiger partial charge on any atom is -0.497 e. The van der Waals surface area contributed by atoms with Crippen molar-refractivity contribution in [2.75, 3.05) is 12.4 Å². The Balaban J connectivity index is 1.61. The number of aryl methyl sites for hydroxylation is 1. The van der Waals surface area contributed by atoms with Gasteiger partial charge in [0, 0.05) is 17.3 Å². The lowest BCUT2D eigenvalue weighted by molar-refractivity contribution is 0.184. The summed E-state index contributed by atoms with van der Waals surface area (Å²) in [5, 5.41) is 3.95. The van der Waals surface area contributed by atoms with Gasteiger partial charge < -0.3 is 19.9 Å². The maximum atomic E-state index is 13.2. The number of pyridine rings is 1. The molecule has 1 fully saturated rings. The highest BCUT2D eigenvalue weighted by Gasteiger charge is 2.27. The summed E-state index contributed by atoms with van der Waals surface area (Å²) in [5.74, 6) is 0.735. The zero-order valence-corrected chi connectivity index (χ0v) is 17.4. The van der Waals surface area contributed by atoms with Gasteiger partial charge in [-0.15, -0.1) is 0 Å². The number of aromatic nitrogens is 1. The lowest BCUT2D eigenvalue weighted by atomic mass is 10.1. The molecule has 2 aromatic carbocycles. The van der Waals surface area contributed by atoms with Crippen molar-refractivity contribution in [3.05, 3.63) is 70.0 Å². The number of benzene rings is 2. The summed E-state index contributed by atoms with van der Waals surface area (Å²) < 4.78 is 5.18. The first kappa shape index (κ1) is 20.0. The fraction of sp³-hybridized carbons (Fsp3) is 0.333. The van der Waals surface area contributed by atoms with E-state index in [9.17, 15) is 9.59 Å². The van der Waals surface area contributed by atoms with Gasteiger partial charge in [0.05, 0.1) is 19.2 Å². The standard InChI is InChI=1S/C24H27N3O3/c1-16-6-5-7-17-14-18(23(28)26-22(16)17)15-27(20-8-3-4-9-20)24(29)25-19-10-12-21(30-2)13-11-19/h5-7,10-14,20H,3-4,8-9,15H2,1-2H3,(H,25,29)(H,26,28). The van der Waals surface area contributed by atoms with Gasteiger partial charge in [-0.2, -0.15) is 0 Å². The molecule has 1 heterocycles. The Hall–Kier alpha value is -3.28. The number of ether oxygens (including phenoxy) is 1. The molecule has 3 aromatic rings. The fourth-order valence-corrected chi connectivity index (χ4v) is 4.18. The zero-order chi connectivity index (χ0) is 21.1. The number of nitrogens with zero attached hydrogens (tertiary/aromatic N) is 1. The quantitative estimate of drug-likeness (QED) is 0.639. The fourth-order valence-electron chi connectivity index (χ4n) is 4.18. The molecule has 0 bridgehead atoms. The van der Waals surface area contributed by atoms with E-state index in [2.05, 4.69) is 10.3 Å². The summed E-state index contributed by atoms with van der Waals surface area (Å²) >= 11 is 0. The third kappa shape index (κ3) is 4.17. The van der Waals surface area contributed by atoms with E-state index < -0.39 is 0 Å². The van der Waals surface area contributed by atoms with Crippen molar-refractivity contribution in [1.82, 2.24) is 9.88 Å². The van der Waals surface area contributed by atoms with E-state index in [-0.39, 0.29) is 24.2 Å². The molecule has 0 aliphatic heterocycles. The minimum absolute atomic E-state index is 0.135. The van der Waals surface area contributed by atoms with Crippen LogP contribution in [0.25, 0.3) is 10.9 Å². The second-order valence-corrected chi connectivity index (χ2v) is 7.89. The zero-order valence-electron chi connectivity index (χ0n) is 17.4. The summed E-state index contributed by atoms with van der Waals surface area (Å²) in [4.78, 5) is 30.7. The molecule has 1 saturated carbocycles. The highest BCUT2D eigenvalue weighted by atomic mass is 16.5. The second-order valence-electron chi connectivity index (χ2n) is 7.89. The van der Waals surface area contributed by atoms with Crippen LogP contribution in [-0.4, -0.2) is 29.1 Å². The first-order valence-electron chi connectivity index (χ1n) is 10.4. The number of hydrogen-bond donors (Lipinski definition) is 2. The molecule has 1 aromatic heterocycles. The van der Waals surface area contributed by atoms with Crippen molar-refractivity contribution < 1.29 is 9.53 Å². The van der Waals surface area contributed by atoms with Gasteiger partial charge in [-0.3, -0.25) is 4.79 Å². The van der Waals surface area contributed by atoms with E-state index in [0.29, 0.717) is 11.3 Å². The number of anilines is 1. The van der Waals surface area contributed by atoms with Crippen LogP contribution in [0.1, 0.15) is 36.8 Å². The number of para-hydroxylation sites is 1. The number of urea groups is 1. The number of amides is 2. The lowest BCUT2D eigenvalue weighted by Crippen LogP contribution is -2.42. The Kier molecular flexibility index (Phi) is 5.74. The molecule has 2 amide bonds. The van der Waals surface area contributed by atoms with E-state index in [1.165, 1.54) is 0 Å². The van der Waals surface area contributed by atoms with Crippen molar-refractivity contribution in [2.24, 2.45) is 0 Å². The van der Waals surface area contributed by atoms with E-state index in [1.807, 2.05) is 60.4 Å². The van der Waals surface area contributed by atoms with Crippen LogP contribution in [0.2, 0.25) is 0 Å². The summed E-state index contributed by atoms with van der Waals surface area (Å²) in [5.41, 5.74) is 3.04. The van der Waals surface area contributed by atoms with Gasteiger partial charge in [-0.05, 0) is 61.0 Å². The molecule has 0 saturated heterocycles. The largest absolute Gasteiger partial charge is 0.497 e. The third-order valence-electron chi connectivity index (χ3n) is 5.87. The average Bonchev–Trinajstić information content (AvgIpc) is 3.28. The molecule has 1 aliphatic rings. The normalized spacial score (nSPS) is 14.1. The molecule has 0 unspecified atom stereocenters. The minimum atomic E-state index is -0.184. The van der Waals surface area contributed by atoms with Crippen LogP contribution in [0.4, 0.5) is 10.5 Å². The lowest BCUT2D eigenvalue weighted by Gasteiger charge is -2.29. The monoisotopic (exact) mass is 405 g/mol. The van der Waals surface area contributed by atoms with Gasteiger partial charge in [0.1, 0.15) is 5.75 Å². The summed E-state index contributed by atoms with van der Waals surface area (Å²) in [6.07, 6.45) is 4.12. The van der Waals surface area contributed by atoms with E-state index in [4.69, 9.17) is 4.74 Å². The highest BCUT2D eigenvalue weighted by Crippen LogP contribution is 2.26. The third-order valence-corrected chi connectivity index (χ3v) is 5.87. The predicted octanol–water partition coefficient (Wildman–Crippen LogP) is 4.82. The van der Waals surface area contributed by atoms with Gasteiger partial charge in [-0.25, -0.2) is 4.79 Å². The summed E-state index contributed by atoms with van der Waals surface area (Å²) in [7, 11) is 1.61. The molecule has 4 rings (SSSR count). The van der Waals surface area contributed by atoms with E-state index in [0.717, 1.165) is 47.9 Å². The number of carbonyl (C=O) groups excluding carboxylic acids is 1. The van der Waals surface area contributed by atoms with Crippen molar-refractivity contribution in [3.63, 3.8) is 0 Å². The molecular weight excluding hydrogens is 378 g/mol. The van der Waals surface area contributed by atoms with E-state index >= 15 is 0 Å². The summed E-state index contributed by atoms with van der Waals surface area (Å²) in [6.45, 7) is 2.26. The molecule has 0 radical (unpaired) electrons. The first-order chi connectivity index (χ1) is 14.5. The van der Waals surface area contributed by atoms with Gasteiger partial charge in [0.15, 0.2) is 0 Å².